The van der Waals surface area contributed by atoms with E-state index in [4.69, 9.17) is 5.73 Å². The van der Waals surface area contributed by atoms with Crippen LogP contribution in [0.4, 0.5) is 11.5 Å². The van der Waals surface area contributed by atoms with E-state index in [1.807, 2.05) is 12.1 Å². The molecule has 10 heavy (non-hydrogen) atoms. The number of nitrogens with one attached hydrogen (secondary N) is 1. The van der Waals surface area contributed by atoms with Gasteiger partial charge >= 0.3 is 0 Å². The van der Waals surface area contributed by atoms with Crippen molar-refractivity contribution in [2.24, 2.45) is 0 Å². The number of hydrogen-bond acceptors (Lipinski definition) is 3. The van der Waals surface area contributed by atoms with Gasteiger partial charge in [0.1, 0.15) is 5.82 Å². The molecule has 1 aromatic rings. The quantitative estimate of drug-likeness (QED) is 0.548. The Hall–Kier alpha value is -1.25. The van der Waals surface area contributed by atoms with Gasteiger partial charge in [-0.15, -0.1) is 0 Å². The van der Waals surface area contributed by atoms with Gasteiger partial charge in [0.15, 0.2) is 0 Å². The Balaban J connectivity index is 2.52. The lowest BCUT2D eigenvalue weighted by molar-refractivity contribution is 1.05. The molecule has 1 aliphatic heterocycles. The molecular weight excluding hydrogens is 126 g/mol. The Labute approximate surface area is 59.3 Å². The fourth-order valence-corrected chi connectivity index (χ4v) is 1.19. The minimum Gasteiger partial charge on any atom is -0.384 e. The fraction of sp³-hybridized carbons (Fsp3) is 0.286. The SMILES string of the molecule is Nc1ccc2c(n1)CCN2. The van der Waals surface area contributed by atoms with E-state index in [9.17, 15) is 0 Å². The van der Waals surface area contributed by atoms with Crippen LogP contribution in [0.25, 0.3) is 0 Å². The normalized spacial score (nSPS) is 14.4. The van der Waals surface area contributed by atoms with E-state index in [0.29, 0.717) is 5.82 Å². The molecule has 0 atom stereocenters. The van der Waals surface area contributed by atoms with Crippen molar-refractivity contribution in [1.82, 2.24) is 4.98 Å². The minimum absolute atomic E-state index is 0.613. The molecule has 1 aromatic heterocycles. The highest BCUT2D eigenvalue weighted by atomic mass is 15.0. The average molecular weight is 135 g/mol. The molecule has 0 unspecified atom stereocenters. The molecule has 1 aliphatic rings. The van der Waals surface area contributed by atoms with Crippen LogP contribution in [-0.2, 0) is 6.42 Å². The second-order valence-corrected chi connectivity index (χ2v) is 2.41. The minimum atomic E-state index is 0.613. The number of nitrogens with zero attached hydrogens (tertiary/aromatic N) is 1. The molecule has 0 radical (unpaired) electrons. The van der Waals surface area contributed by atoms with Crippen LogP contribution >= 0.6 is 0 Å². The summed E-state index contributed by atoms with van der Waals surface area (Å²) in [4.78, 5) is 4.17. The number of pyridine rings is 1. The maximum absolute atomic E-state index is 5.49. The molecule has 0 spiro atoms. The predicted octanol–water partition coefficient (Wildman–Crippen LogP) is 0.632. The Morgan fingerprint density at radius 1 is 1.50 bits per heavy atom. The molecule has 0 saturated heterocycles. The third-order valence-electron chi connectivity index (χ3n) is 1.67. The Kier molecular flexibility index (Phi) is 1.03. The molecule has 0 aromatic carbocycles. The molecule has 0 fully saturated rings. The zero-order chi connectivity index (χ0) is 6.97. The molecule has 0 aliphatic carbocycles. The molecule has 3 heteroatoms. The largest absolute Gasteiger partial charge is 0.384 e. The van der Waals surface area contributed by atoms with E-state index in [-0.39, 0.29) is 0 Å². The predicted molar refractivity (Wildman–Crippen MR) is 40.8 cm³/mol. The van der Waals surface area contributed by atoms with Crippen molar-refractivity contribution in [3.8, 4) is 0 Å². The number of nitrogen functional groups attached to an aromatic ring is 1. The van der Waals surface area contributed by atoms with Gasteiger partial charge in [0.25, 0.3) is 0 Å². The Morgan fingerprint density at radius 3 is 3.30 bits per heavy atom. The summed E-state index contributed by atoms with van der Waals surface area (Å²) < 4.78 is 0. The van der Waals surface area contributed by atoms with E-state index in [0.717, 1.165) is 24.3 Å². The first-order valence-corrected chi connectivity index (χ1v) is 3.35. The summed E-state index contributed by atoms with van der Waals surface area (Å²) in [5.74, 6) is 0.613. The Morgan fingerprint density at radius 2 is 2.40 bits per heavy atom. The monoisotopic (exact) mass is 135 g/mol. The van der Waals surface area contributed by atoms with Gasteiger partial charge in [0.2, 0.25) is 0 Å². The van der Waals surface area contributed by atoms with Gasteiger partial charge in [0.05, 0.1) is 11.4 Å². The van der Waals surface area contributed by atoms with E-state index in [1.165, 1.54) is 0 Å². The first kappa shape index (κ1) is 5.53. The van der Waals surface area contributed by atoms with Gasteiger partial charge in [-0.25, -0.2) is 4.98 Å². The molecule has 52 valence electrons. The van der Waals surface area contributed by atoms with Crippen LogP contribution in [0.5, 0.6) is 0 Å². The van der Waals surface area contributed by atoms with Crippen LogP contribution in [0.15, 0.2) is 12.1 Å². The molecule has 0 amide bonds. The maximum atomic E-state index is 5.49. The lowest BCUT2D eigenvalue weighted by Gasteiger charge is -1.97. The van der Waals surface area contributed by atoms with E-state index >= 15 is 0 Å². The van der Waals surface area contributed by atoms with Crippen molar-refractivity contribution in [2.45, 2.75) is 6.42 Å². The lowest BCUT2D eigenvalue weighted by Crippen LogP contribution is -1.92. The zero-order valence-electron chi connectivity index (χ0n) is 5.59. The molecule has 2 heterocycles. The van der Waals surface area contributed by atoms with Gasteiger partial charge in [-0.05, 0) is 12.1 Å². The second-order valence-electron chi connectivity index (χ2n) is 2.41. The highest BCUT2D eigenvalue weighted by Gasteiger charge is 2.09. The number of nitrogens with two attached hydrogens (primary N) is 1. The number of aromatic nitrogens is 1. The van der Waals surface area contributed by atoms with Crippen LogP contribution < -0.4 is 11.1 Å². The molecule has 0 bridgehead atoms. The lowest BCUT2D eigenvalue weighted by atomic mass is 10.3. The number of rotatable bonds is 0. The van der Waals surface area contributed by atoms with Gasteiger partial charge in [0, 0.05) is 13.0 Å². The molecule has 0 saturated carbocycles. The van der Waals surface area contributed by atoms with Crippen LogP contribution in [0, 0.1) is 0 Å². The molecule has 3 N–H and O–H groups in total. The smallest absolute Gasteiger partial charge is 0.123 e. The van der Waals surface area contributed by atoms with Crippen LogP contribution in [-0.4, -0.2) is 11.5 Å². The summed E-state index contributed by atoms with van der Waals surface area (Å²) >= 11 is 0. The standard InChI is InChI=1S/C7H9N3/c8-7-2-1-5-6(10-7)3-4-9-5/h1-2,9H,3-4H2,(H2,8,10). The summed E-state index contributed by atoms with van der Waals surface area (Å²) in [7, 11) is 0. The van der Waals surface area contributed by atoms with Gasteiger partial charge in [-0.3, -0.25) is 0 Å². The first-order valence-electron chi connectivity index (χ1n) is 3.35. The van der Waals surface area contributed by atoms with E-state index in [1.54, 1.807) is 0 Å². The number of anilines is 2. The van der Waals surface area contributed by atoms with Crippen molar-refractivity contribution >= 4 is 11.5 Å². The second kappa shape index (κ2) is 1.87. The number of fused-ring (bicyclic) bond motifs is 1. The van der Waals surface area contributed by atoms with Crippen molar-refractivity contribution in [1.29, 1.82) is 0 Å². The Bertz CT molecular complexity index is 257. The van der Waals surface area contributed by atoms with Crippen molar-refractivity contribution in [3.63, 3.8) is 0 Å². The van der Waals surface area contributed by atoms with E-state index in [2.05, 4.69) is 10.3 Å². The fourth-order valence-electron chi connectivity index (χ4n) is 1.19. The first-order chi connectivity index (χ1) is 4.86. The van der Waals surface area contributed by atoms with Crippen LogP contribution in [0.2, 0.25) is 0 Å². The van der Waals surface area contributed by atoms with Crippen molar-refractivity contribution < 1.29 is 0 Å². The highest BCUT2D eigenvalue weighted by Crippen LogP contribution is 2.19. The number of hydrogen-bond donors (Lipinski definition) is 2. The van der Waals surface area contributed by atoms with Gasteiger partial charge in [-0.2, -0.15) is 0 Å². The summed E-state index contributed by atoms with van der Waals surface area (Å²) in [5.41, 5.74) is 7.72. The molecule has 2 rings (SSSR count). The van der Waals surface area contributed by atoms with Crippen molar-refractivity contribution in [3.05, 3.63) is 17.8 Å². The maximum Gasteiger partial charge on any atom is 0.123 e. The van der Waals surface area contributed by atoms with Crippen LogP contribution in [0.3, 0.4) is 0 Å². The summed E-state index contributed by atoms with van der Waals surface area (Å²) in [5, 5.41) is 3.21. The topological polar surface area (TPSA) is 50.9 Å². The highest BCUT2D eigenvalue weighted by molar-refractivity contribution is 5.55. The third-order valence-corrected chi connectivity index (χ3v) is 1.67. The summed E-state index contributed by atoms with van der Waals surface area (Å²) in [6.45, 7) is 0.992. The van der Waals surface area contributed by atoms with Crippen LogP contribution in [0.1, 0.15) is 5.69 Å². The molecular formula is C7H9N3. The molecule has 3 nitrogen and oxygen atoms in total. The summed E-state index contributed by atoms with van der Waals surface area (Å²) in [6.07, 6.45) is 1.00. The summed E-state index contributed by atoms with van der Waals surface area (Å²) in [6, 6.07) is 3.79. The van der Waals surface area contributed by atoms with Crippen molar-refractivity contribution in [2.75, 3.05) is 17.6 Å². The average Bonchev–Trinajstić information content (AvgIpc) is 2.33. The third kappa shape index (κ3) is 0.708. The van der Waals surface area contributed by atoms with E-state index < -0.39 is 0 Å². The van der Waals surface area contributed by atoms with Gasteiger partial charge < -0.3 is 11.1 Å². The zero-order valence-corrected chi connectivity index (χ0v) is 5.59. The van der Waals surface area contributed by atoms with Gasteiger partial charge in [-0.1, -0.05) is 0 Å².